The lowest BCUT2D eigenvalue weighted by Gasteiger charge is -2.26. The highest BCUT2D eigenvalue weighted by Crippen LogP contribution is 2.20. The minimum absolute atomic E-state index is 0.139. The molecule has 0 aliphatic heterocycles. The Morgan fingerprint density at radius 3 is 0.810 bits per heavy atom. The summed E-state index contributed by atoms with van der Waals surface area (Å²) in [5.41, 5.74) is 0. The van der Waals surface area contributed by atoms with Gasteiger partial charge < -0.3 is 33.3 Å². The molecule has 0 rings (SSSR count). The fraction of sp³-hybridized carbons (Fsp3) is 0.740. The maximum atomic E-state index is 13.0. The van der Waals surface area contributed by atoms with Crippen molar-refractivity contribution in [1.29, 1.82) is 0 Å². The molecule has 0 saturated carbocycles. The molecule has 604 valence electrons. The molecule has 0 aliphatic rings. The number of hydrogen-bond donors (Lipinski definition) is 0. The minimum Gasteiger partial charge on any atom is -0.545 e. The Hall–Kier alpha value is -4.57. The van der Waals surface area contributed by atoms with Gasteiger partial charge in [0.25, 0.3) is 0 Å². The van der Waals surface area contributed by atoms with Crippen molar-refractivity contribution in [3.63, 3.8) is 0 Å². The molecular weight excluding hydrogens is 1300 g/mol. The molecule has 0 aromatic heterocycles. The first-order valence-corrected chi connectivity index (χ1v) is 44.3. The van der Waals surface area contributed by atoms with E-state index in [2.05, 4.69) is 148 Å². The number of rotatable bonds is 82. The van der Waals surface area contributed by atoms with E-state index >= 15 is 0 Å². The summed E-state index contributed by atoms with van der Waals surface area (Å²) in [4.78, 5) is 37.7. The Kier molecular flexibility index (Phi) is 81.3. The van der Waals surface area contributed by atoms with Gasteiger partial charge in [-0.05, 0) is 96.3 Å². The summed E-state index contributed by atoms with van der Waals surface area (Å²) >= 11 is 0. The van der Waals surface area contributed by atoms with E-state index in [-0.39, 0.29) is 38.6 Å². The van der Waals surface area contributed by atoms with Gasteiger partial charge in [-0.25, -0.2) is 0 Å². The fourth-order valence-corrected chi connectivity index (χ4v) is 12.7. The van der Waals surface area contributed by atoms with Gasteiger partial charge in [0.1, 0.15) is 13.2 Å². The predicted molar refractivity (Wildman–Crippen MR) is 453 cm³/mol. The number of hydrogen-bond acceptors (Lipinski definition) is 8. The zero-order chi connectivity index (χ0) is 76.0. The number of carbonyl (C=O) groups is 3. The van der Waals surface area contributed by atoms with E-state index in [9.17, 15) is 19.5 Å². The van der Waals surface area contributed by atoms with Crippen LogP contribution in [0, 0.1) is 0 Å². The molecule has 9 nitrogen and oxygen atoms in total. The lowest BCUT2D eigenvalue weighted by molar-refractivity contribution is -0.870. The molecule has 0 aliphatic carbocycles. The number of nitrogens with zero attached hydrogens (tertiary/aromatic N) is 1. The van der Waals surface area contributed by atoms with Crippen molar-refractivity contribution in [2.75, 3.05) is 47.5 Å². The number of carbonyl (C=O) groups excluding carboxylic acids is 3. The van der Waals surface area contributed by atoms with E-state index < -0.39 is 24.3 Å². The highest BCUT2D eigenvalue weighted by atomic mass is 16.7. The smallest absolute Gasteiger partial charge is 0.306 e. The van der Waals surface area contributed by atoms with Crippen LogP contribution in [0.25, 0.3) is 0 Å². The maximum Gasteiger partial charge on any atom is 0.306 e. The van der Waals surface area contributed by atoms with E-state index in [1.807, 2.05) is 21.1 Å². The van der Waals surface area contributed by atoms with Gasteiger partial charge >= 0.3 is 11.9 Å². The molecule has 0 fully saturated rings. The molecule has 0 spiro atoms. The van der Waals surface area contributed by atoms with Crippen LogP contribution in [0.4, 0.5) is 0 Å². The SMILES string of the molecule is CC/C=C\C/C=C\C/C=C\C/C=C\C/C=C\C/C=C\C/C=C\C/C=C\C/C=C\C/C=C\C/C=C\CCCCCCCC(=O)OC(COC(=O)CCCCCCCCCCCCCCCCCCCCCCCCCCCCCCCCCCCCCCCCCCC)COC(OCC[N+](C)(C)C)C(=O)[O-]. The second-order valence-corrected chi connectivity index (χ2v) is 30.8. The number of allylic oxidation sites excluding steroid dienone is 22. The molecule has 0 radical (unpaired) electrons. The van der Waals surface area contributed by atoms with Crippen molar-refractivity contribution in [3.8, 4) is 0 Å². The quantitative estimate of drug-likeness (QED) is 0.0195. The Balaban J connectivity index is 4.03. The molecule has 0 N–H and O–H groups in total. The molecule has 0 aromatic carbocycles. The second-order valence-electron chi connectivity index (χ2n) is 30.8. The largest absolute Gasteiger partial charge is 0.545 e. The third kappa shape index (κ3) is 86.5. The molecule has 9 heteroatoms. The molecule has 0 heterocycles. The van der Waals surface area contributed by atoms with Crippen molar-refractivity contribution in [3.05, 3.63) is 134 Å². The van der Waals surface area contributed by atoms with Crippen LogP contribution < -0.4 is 5.11 Å². The van der Waals surface area contributed by atoms with Crippen LogP contribution in [0.3, 0.4) is 0 Å². The Bertz CT molecular complexity index is 2200. The van der Waals surface area contributed by atoms with Crippen LogP contribution in [0.1, 0.15) is 399 Å². The molecule has 2 atom stereocenters. The van der Waals surface area contributed by atoms with E-state index in [0.29, 0.717) is 17.4 Å². The summed E-state index contributed by atoms with van der Waals surface area (Å²) in [7, 11) is 5.93. The van der Waals surface area contributed by atoms with E-state index in [1.54, 1.807) is 0 Å². The summed E-state index contributed by atoms with van der Waals surface area (Å²) in [6.45, 7) is 4.65. The third-order valence-corrected chi connectivity index (χ3v) is 19.4. The van der Waals surface area contributed by atoms with Crippen LogP contribution in [0.5, 0.6) is 0 Å². The Labute approximate surface area is 650 Å². The van der Waals surface area contributed by atoms with Gasteiger partial charge in [0.15, 0.2) is 12.4 Å². The van der Waals surface area contributed by atoms with Crippen molar-refractivity contribution in [1.82, 2.24) is 0 Å². The van der Waals surface area contributed by atoms with Gasteiger partial charge in [0, 0.05) is 12.8 Å². The van der Waals surface area contributed by atoms with Gasteiger partial charge in [-0.15, -0.1) is 0 Å². The van der Waals surface area contributed by atoms with Crippen LogP contribution >= 0.6 is 0 Å². The first kappa shape index (κ1) is 100. The normalized spacial score (nSPS) is 13.3. The average Bonchev–Trinajstić information content (AvgIpc) is 1.97. The highest BCUT2D eigenvalue weighted by molar-refractivity contribution is 5.70. The lowest BCUT2D eigenvalue weighted by atomic mass is 10.0. The number of carboxylic acids is 1. The highest BCUT2D eigenvalue weighted by Gasteiger charge is 2.22. The van der Waals surface area contributed by atoms with Gasteiger partial charge in [-0.1, -0.05) is 424 Å². The van der Waals surface area contributed by atoms with Crippen LogP contribution in [0.2, 0.25) is 0 Å². The minimum atomic E-state index is -1.64. The van der Waals surface area contributed by atoms with E-state index in [0.717, 1.165) is 122 Å². The molecule has 0 amide bonds. The Morgan fingerprint density at radius 2 is 0.543 bits per heavy atom. The molecule has 0 bridgehead atoms. The van der Waals surface area contributed by atoms with Gasteiger partial charge in [0.2, 0.25) is 0 Å². The molecule has 0 aromatic rings. The number of aliphatic carboxylic acids is 1. The zero-order valence-electron chi connectivity index (χ0n) is 69.3. The summed E-state index contributed by atoms with van der Waals surface area (Å²) in [6.07, 6.45) is 120. The van der Waals surface area contributed by atoms with Crippen LogP contribution in [-0.4, -0.2) is 82.3 Å². The van der Waals surface area contributed by atoms with Crippen molar-refractivity contribution in [2.45, 2.75) is 411 Å². The average molecular weight is 1460 g/mol. The standard InChI is InChI=1S/C96H167NO8/c1-6-8-10-12-14-16-18-20-22-24-26-28-30-32-34-36-38-40-42-44-46-47-49-50-52-54-56-58-60-62-64-66-68-70-72-74-76-78-80-82-84-86-93(98)103-90-92(91-104-96(95(100)101)102-89-88-97(3,4)5)105-94(99)87-85-83-81-79-77-75-73-71-69-67-65-63-61-59-57-55-53-51-48-45-43-41-39-37-35-33-31-29-27-25-23-21-19-17-15-13-11-9-7-2/h9,11,15,17,21,23,27,29,33,35,39,41,45,48,53,55,59,61,65,67,71,73,92,96H,6-8,10,12-14,16,18-20,22,24-26,28,30-32,34,36-38,40,42-44,46-47,49-52,54,56-58,60,62-64,66,68-70,72,74-91H2,1-5H3/b11-9-,17-15-,23-21-,29-27-,35-33-,41-39-,48-45-,55-53-,61-59-,67-65-,73-71-. The van der Waals surface area contributed by atoms with E-state index in [1.165, 1.54) is 244 Å². The van der Waals surface area contributed by atoms with Gasteiger partial charge in [-0.3, -0.25) is 9.59 Å². The molecule has 2 unspecified atom stereocenters. The number of quaternary nitrogens is 1. The Morgan fingerprint density at radius 1 is 0.295 bits per heavy atom. The number of unbranched alkanes of at least 4 members (excludes halogenated alkanes) is 45. The number of carboxylic acid groups (broad SMARTS) is 1. The van der Waals surface area contributed by atoms with Crippen molar-refractivity contribution in [2.24, 2.45) is 0 Å². The van der Waals surface area contributed by atoms with Crippen molar-refractivity contribution >= 4 is 17.9 Å². The van der Waals surface area contributed by atoms with Crippen LogP contribution in [-0.2, 0) is 33.3 Å². The summed E-state index contributed by atoms with van der Waals surface area (Å²) in [6, 6.07) is 0. The van der Waals surface area contributed by atoms with Gasteiger partial charge in [0.05, 0.1) is 40.3 Å². The van der Waals surface area contributed by atoms with Crippen molar-refractivity contribution < 1.29 is 42.9 Å². The summed E-state index contributed by atoms with van der Waals surface area (Å²) < 4.78 is 22.9. The molecule has 105 heavy (non-hydrogen) atoms. The van der Waals surface area contributed by atoms with Crippen LogP contribution in [0.15, 0.2) is 134 Å². The zero-order valence-corrected chi connectivity index (χ0v) is 69.3. The fourth-order valence-electron chi connectivity index (χ4n) is 12.7. The van der Waals surface area contributed by atoms with E-state index in [4.69, 9.17) is 18.9 Å². The molecule has 0 saturated heterocycles. The first-order valence-electron chi connectivity index (χ1n) is 44.3. The monoisotopic (exact) mass is 1460 g/mol. The number of ether oxygens (including phenoxy) is 4. The topological polar surface area (TPSA) is 111 Å². The number of likely N-dealkylation sites (N-methyl/N-ethyl adjacent to an activating group) is 1. The third-order valence-electron chi connectivity index (χ3n) is 19.4. The molecular formula is C96H167NO8. The maximum absolute atomic E-state index is 13.0. The van der Waals surface area contributed by atoms with Gasteiger partial charge in [-0.2, -0.15) is 0 Å². The summed E-state index contributed by atoms with van der Waals surface area (Å²) in [5.74, 6) is -2.30. The number of esters is 2. The first-order chi connectivity index (χ1) is 51.6. The summed E-state index contributed by atoms with van der Waals surface area (Å²) in [5, 5.41) is 11.9. The predicted octanol–water partition coefficient (Wildman–Crippen LogP) is 27.8. The second kappa shape index (κ2) is 85.0. The lowest BCUT2D eigenvalue weighted by Crippen LogP contribution is -2.44.